The Labute approximate surface area is 102 Å². The first-order chi connectivity index (χ1) is 7.27. The SMILES string of the molecule is Clc1snc(NCc2ccccc2)c1Cl. The predicted molar refractivity (Wildman–Crippen MR) is 65.9 cm³/mol. The monoisotopic (exact) mass is 258 g/mol. The number of hydrogen-bond acceptors (Lipinski definition) is 3. The molecule has 78 valence electrons. The molecule has 1 N–H and O–H groups in total. The van der Waals surface area contributed by atoms with E-state index in [1.807, 2.05) is 30.3 Å². The summed E-state index contributed by atoms with van der Waals surface area (Å²) in [6, 6.07) is 10.0. The molecular formula is C10H8Cl2N2S. The van der Waals surface area contributed by atoms with Crippen LogP contribution in [0.2, 0.25) is 9.36 Å². The second kappa shape index (κ2) is 4.84. The van der Waals surface area contributed by atoms with Crippen LogP contribution in [0.25, 0.3) is 0 Å². The molecule has 1 aromatic heterocycles. The molecule has 0 aliphatic heterocycles. The van der Waals surface area contributed by atoms with Crippen molar-refractivity contribution in [2.24, 2.45) is 0 Å². The molecule has 15 heavy (non-hydrogen) atoms. The summed E-state index contributed by atoms with van der Waals surface area (Å²) < 4.78 is 4.62. The van der Waals surface area contributed by atoms with Crippen molar-refractivity contribution in [2.45, 2.75) is 6.54 Å². The highest BCUT2D eigenvalue weighted by Crippen LogP contribution is 2.33. The first-order valence-corrected chi connectivity index (χ1v) is 5.89. The summed E-state index contributed by atoms with van der Waals surface area (Å²) in [5, 5.41) is 3.63. The summed E-state index contributed by atoms with van der Waals surface area (Å²) in [5.74, 6) is 0.649. The fraction of sp³-hybridized carbons (Fsp3) is 0.100. The van der Waals surface area contributed by atoms with Crippen LogP contribution < -0.4 is 5.32 Å². The zero-order chi connectivity index (χ0) is 10.7. The second-order valence-electron chi connectivity index (χ2n) is 2.96. The average Bonchev–Trinajstić information content (AvgIpc) is 2.59. The number of benzene rings is 1. The van der Waals surface area contributed by atoms with Crippen LogP contribution in [0.4, 0.5) is 5.82 Å². The minimum atomic E-state index is 0.498. The first-order valence-electron chi connectivity index (χ1n) is 4.36. The van der Waals surface area contributed by atoms with Crippen LogP contribution in [0.1, 0.15) is 5.56 Å². The molecule has 0 aliphatic rings. The van der Waals surface area contributed by atoms with Crippen molar-refractivity contribution in [2.75, 3.05) is 5.32 Å². The molecule has 0 unspecified atom stereocenters. The molecule has 0 radical (unpaired) electrons. The van der Waals surface area contributed by atoms with Gasteiger partial charge in [0.05, 0.1) is 0 Å². The van der Waals surface area contributed by atoms with E-state index in [2.05, 4.69) is 9.69 Å². The van der Waals surface area contributed by atoms with Crippen LogP contribution in [0, 0.1) is 0 Å². The van der Waals surface area contributed by atoms with Crippen molar-refractivity contribution < 1.29 is 0 Å². The van der Waals surface area contributed by atoms with E-state index in [1.165, 1.54) is 17.1 Å². The van der Waals surface area contributed by atoms with Gasteiger partial charge >= 0.3 is 0 Å². The fourth-order valence-corrected chi connectivity index (χ4v) is 2.11. The second-order valence-corrected chi connectivity index (χ2v) is 4.71. The van der Waals surface area contributed by atoms with Gasteiger partial charge in [0.2, 0.25) is 0 Å². The number of aromatic nitrogens is 1. The van der Waals surface area contributed by atoms with Gasteiger partial charge in [0.25, 0.3) is 0 Å². The number of nitrogens with one attached hydrogen (secondary N) is 1. The van der Waals surface area contributed by atoms with E-state index < -0.39 is 0 Å². The van der Waals surface area contributed by atoms with Crippen LogP contribution in [-0.4, -0.2) is 4.37 Å². The number of nitrogens with zero attached hydrogens (tertiary/aromatic N) is 1. The minimum absolute atomic E-state index is 0.498. The maximum atomic E-state index is 5.93. The van der Waals surface area contributed by atoms with Gasteiger partial charge in [-0.3, -0.25) is 0 Å². The van der Waals surface area contributed by atoms with Crippen molar-refractivity contribution in [3.63, 3.8) is 0 Å². The zero-order valence-corrected chi connectivity index (χ0v) is 10.0. The van der Waals surface area contributed by atoms with Gasteiger partial charge in [-0.25, -0.2) is 0 Å². The zero-order valence-electron chi connectivity index (χ0n) is 7.71. The third kappa shape index (κ3) is 2.62. The molecule has 0 atom stereocenters. The van der Waals surface area contributed by atoms with Crippen molar-refractivity contribution >= 4 is 40.6 Å². The maximum Gasteiger partial charge on any atom is 0.160 e. The smallest absolute Gasteiger partial charge is 0.160 e. The van der Waals surface area contributed by atoms with Gasteiger partial charge in [0, 0.05) is 6.54 Å². The fourth-order valence-electron chi connectivity index (χ4n) is 1.15. The Kier molecular flexibility index (Phi) is 3.46. The molecule has 0 aliphatic carbocycles. The van der Waals surface area contributed by atoms with Crippen LogP contribution in [-0.2, 0) is 6.54 Å². The standard InChI is InChI=1S/C10H8Cl2N2S/c11-8-9(12)15-14-10(8)13-6-7-4-2-1-3-5-7/h1-5H,6H2,(H,13,14). The van der Waals surface area contributed by atoms with Gasteiger partial charge in [-0.15, -0.1) is 0 Å². The lowest BCUT2D eigenvalue weighted by Gasteiger charge is -2.02. The number of rotatable bonds is 3. The molecule has 2 rings (SSSR count). The molecule has 0 bridgehead atoms. The highest BCUT2D eigenvalue weighted by molar-refractivity contribution is 7.11. The Hall–Kier alpha value is -0.770. The van der Waals surface area contributed by atoms with E-state index in [1.54, 1.807) is 0 Å². The highest BCUT2D eigenvalue weighted by atomic mass is 35.5. The Bertz CT molecular complexity index is 442. The summed E-state index contributed by atoms with van der Waals surface area (Å²) in [6.07, 6.45) is 0. The lowest BCUT2D eigenvalue weighted by Crippen LogP contribution is -1.99. The largest absolute Gasteiger partial charge is 0.364 e. The maximum absolute atomic E-state index is 5.93. The predicted octanol–water partition coefficient (Wildman–Crippen LogP) is 4.06. The van der Waals surface area contributed by atoms with E-state index in [0.29, 0.717) is 21.7 Å². The molecule has 5 heteroatoms. The number of hydrogen-bond donors (Lipinski definition) is 1. The molecule has 1 aromatic carbocycles. The van der Waals surface area contributed by atoms with Gasteiger partial charge in [-0.05, 0) is 17.1 Å². The lowest BCUT2D eigenvalue weighted by molar-refractivity contribution is 1.13. The minimum Gasteiger partial charge on any atom is -0.364 e. The van der Waals surface area contributed by atoms with Gasteiger partial charge in [-0.2, -0.15) is 4.37 Å². The Morgan fingerprint density at radius 2 is 1.93 bits per heavy atom. The van der Waals surface area contributed by atoms with Crippen LogP contribution in [0.3, 0.4) is 0 Å². The van der Waals surface area contributed by atoms with Gasteiger partial charge < -0.3 is 5.32 Å². The number of anilines is 1. The molecular weight excluding hydrogens is 251 g/mol. The number of halogens is 2. The quantitative estimate of drug-likeness (QED) is 0.898. The van der Waals surface area contributed by atoms with E-state index in [4.69, 9.17) is 23.2 Å². The van der Waals surface area contributed by atoms with E-state index >= 15 is 0 Å². The molecule has 2 nitrogen and oxygen atoms in total. The Balaban J connectivity index is 2.02. The molecule has 0 saturated carbocycles. The molecule has 0 fully saturated rings. The summed E-state index contributed by atoms with van der Waals surface area (Å²) >= 11 is 12.9. The Morgan fingerprint density at radius 1 is 1.20 bits per heavy atom. The van der Waals surface area contributed by atoms with Crippen molar-refractivity contribution in [1.29, 1.82) is 0 Å². The van der Waals surface area contributed by atoms with E-state index in [-0.39, 0.29) is 0 Å². The molecule has 0 amide bonds. The Morgan fingerprint density at radius 3 is 2.53 bits per heavy atom. The van der Waals surface area contributed by atoms with Crippen molar-refractivity contribution in [1.82, 2.24) is 4.37 Å². The van der Waals surface area contributed by atoms with Crippen LogP contribution >= 0.6 is 34.7 Å². The first kappa shape index (κ1) is 10.7. The third-order valence-corrected chi connectivity index (χ3v) is 3.51. The molecule has 2 aromatic rings. The van der Waals surface area contributed by atoms with Crippen molar-refractivity contribution in [3.05, 3.63) is 45.3 Å². The topological polar surface area (TPSA) is 24.9 Å². The van der Waals surface area contributed by atoms with Gasteiger partial charge in [0.1, 0.15) is 9.36 Å². The average molecular weight is 259 g/mol. The lowest BCUT2D eigenvalue weighted by atomic mass is 10.2. The third-order valence-electron chi connectivity index (χ3n) is 1.90. The summed E-state index contributed by atoms with van der Waals surface area (Å²) in [4.78, 5) is 0. The normalized spacial score (nSPS) is 10.3. The highest BCUT2D eigenvalue weighted by Gasteiger charge is 2.08. The summed E-state index contributed by atoms with van der Waals surface area (Å²) in [5.41, 5.74) is 1.18. The summed E-state index contributed by atoms with van der Waals surface area (Å²) in [6.45, 7) is 0.695. The molecule has 1 heterocycles. The molecule has 0 spiro atoms. The molecule has 0 saturated heterocycles. The van der Waals surface area contributed by atoms with Gasteiger partial charge in [0.15, 0.2) is 5.82 Å². The van der Waals surface area contributed by atoms with Crippen molar-refractivity contribution in [3.8, 4) is 0 Å². The summed E-state index contributed by atoms with van der Waals surface area (Å²) in [7, 11) is 0. The van der Waals surface area contributed by atoms with E-state index in [0.717, 1.165) is 0 Å². The van der Waals surface area contributed by atoms with E-state index in [9.17, 15) is 0 Å². The van der Waals surface area contributed by atoms with Crippen LogP contribution in [0.15, 0.2) is 30.3 Å². The van der Waals surface area contributed by atoms with Crippen LogP contribution in [0.5, 0.6) is 0 Å². The van der Waals surface area contributed by atoms with Gasteiger partial charge in [-0.1, -0.05) is 53.5 Å².